The molecule has 1 aliphatic rings. The van der Waals surface area contributed by atoms with Crippen molar-refractivity contribution in [2.75, 3.05) is 6.54 Å². The first-order valence-electron chi connectivity index (χ1n) is 9.20. The number of benzene rings is 1. The Labute approximate surface area is 181 Å². The third-order valence-electron chi connectivity index (χ3n) is 4.70. The molecule has 0 spiro atoms. The number of ether oxygens (including phenoxy) is 2. The first-order chi connectivity index (χ1) is 14.2. The van der Waals surface area contributed by atoms with E-state index < -0.39 is 41.7 Å². The minimum Gasteiger partial charge on any atom is -0.479 e. The molecule has 0 aliphatic carbocycles. The van der Waals surface area contributed by atoms with Crippen LogP contribution in [0.4, 0.5) is 0 Å². The van der Waals surface area contributed by atoms with Gasteiger partial charge in [-0.15, -0.1) is 0 Å². The number of aliphatic hydroxyl groups is 1. The average Bonchev–Trinajstić information content (AvgIpc) is 3.05. The zero-order chi connectivity index (χ0) is 22.0. The van der Waals surface area contributed by atoms with Crippen LogP contribution in [0.15, 0.2) is 34.0 Å². The molecule has 0 radical (unpaired) electrons. The summed E-state index contributed by atoms with van der Waals surface area (Å²) >= 11 is 11.9. The lowest BCUT2D eigenvalue weighted by Gasteiger charge is -2.19. The quantitative estimate of drug-likeness (QED) is 0.602. The van der Waals surface area contributed by atoms with E-state index in [4.69, 9.17) is 32.7 Å². The Balaban J connectivity index is 1.58. The number of nitrogens with one attached hydrogen (secondary N) is 2. The van der Waals surface area contributed by atoms with E-state index in [-0.39, 0.29) is 18.0 Å². The largest absolute Gasteiger partial charge is 0.479 e. The average molecular weight is 458 g/mol. The molecule has 2 heterocycles. The van der Waals surface area contributed by atoms with E-state index in [9.17, 15) is 19.5 Å². The summed E-state index contributed by atoms with van der Waals surface area (Å²) < 4.78 is 12.5. The Bertz CT molecular complexity index is 1050. The molecule has 11 heteroatoms. The molecule has 30 heavy (non-hydrogen) atoms. The molecule has 162 valence electrons. The molecule has 3 rings (SSSR count). The molecule has 1 fully saturated rings. The van der Waals surface area contributed by atoms with Crippen molar-refractivity contribution in [3.8, 4) is 5.75 Å². The van der Waals surface area contributed by atoms with Gasteiger partial charge in [0.15, 0.2) is 6.10 Å². The van der Waals surface area contributed by atoms with Crippen LogP contribution >= 0.6 is 23.2 Å². The van der Waals surface area contributed by atoms with Crippen molar-refractivity contribution < 1.29 is 19.4 Å². The van der Waals surface area contributed by atoms with E-state index in [2.05, 4.69) is 10.3 Å². The summed E-state index contributed by atoms with van der Waals surface area (Å²) in [6.45, 7) is 3.12. The van der Waals surface area contributed by atoms with Gasteiger partial charge in [-0.2, -0.15) is 0 Å². The number of aromatic nitrogens is 2. The summed E-state index contributed by atoms with van der Waals surface area (Å²) in [5.74, 6) is -0.119. The van der Waals surface area contributed by atoms with Crippen LogP contribution in [-0.2, 0) is 9.53 Å². The first-order valence-corrected chi connectivity index (χ1v) is 9.96. The van der Waals surface area contributed by atoms with Gasteiger partial charge in [0, 0.05) is 29.7 Å². The van der Waals surface area contributed by atoms with Gasteiger partial charge in [0.1, 0.15) is 18.1 Å². The highest BCUT2D eigenvalue weighted by atomic mass is 35.5. The lowest BCUT2D eigenvalue weighted by Crippen LogP contribution is -2.42. The van der Waals surface area contributed by atoms with Crippen molar-refractivity contribution in [3.05, 3.63) is 60.8 Å². The van der Waals surface area contributed by atoms with Gasteiger partial charge in [0.25, 0.3) is 11.5 Å². The van der Waals surface area contributed by atoms with Crippen LogP contribution in [0.1, 0.15) is 25.1 Å². The molecule has 0 bridgehead atoms. The number of aliphatic hydroxyl groups excluding tert-OH is 1. The standard InChI is InChI=1S/C19H21Cl2N3O6/c1-9-8-24(19(28)23-17(9)26)16-6-13(25)15(30-16)7-22-18(27)10(2)29-14-4-3-11(20)5-12(14)21/h3-5,8,10,13,15-16,25H,6-7H2,1-2H3,(H,22,27)(H,23,26,28)/t10-,13?,15+,16+/m0/s1. The zero-order valence-corrected chi connectivity index (χ0v) is 17.7. The van der Waals surface area contributed by atoms with Gasteiger partial charge in [-0.25, -0.2) is 4.79 Å². The number of hydrogen-bond acceptors (Lipinski definition) is 6. The summed E-state index contributed by atoms with van der Waals surface area (Å²) in [4.78, 5) is 38.1. The smallest absolute Gasteiger partial charge is 0.330 e. The Kier molecular flexibility index (Phi) is 6.87. The third-order valence-corrected chi connectivity index (χ3v) is 5.24. The second kappa shape index (κ2) is 9.22. The zero-order valence-electron chi connectivity index (χ0n) is 16.2. The molecule has 9 nitrogen and oxygen atoms in total. The van der Waals surface area contributed by atoms with Crippen LogP contribution in [-0.4, -0.2) is 45.4 Å². The molecule has 1 saturated heterocycles. The van der Waals surface area contributed by atoms with Crippen molar-refractivity contribution in [1.82, 2.24) is 14.9 Å². The normalized spacial score (nSPS) is 22.0. The molecule has 0 saturated carbocycles. The summed E-state index contributed by atoms with van der Waals surface area (Å²) in [5.41, 5.74) is -0.765. The predicted octanol–water partition coefficient (Wildman–Crippen LogP) is 1.38. The number of rotatable bonds is 6. The van der Waals surface area contributed by atoms with E-state index in [1.54, 1.807) is 26.0 Å². The second-order valence-corrected chi connectivity index (χ2v) is 7.83. The molecule has 1 aliphatic heterocycles. The summed E-state index contributed by atoms with van der Waals surface area (Å²) in [6.07, 6.45) is -1.74. The van der Waals surface area contributed by atoms with E-state index in [1.807, 2.05) is 0 Å². The number of halogens is 2. The maximum atomic E-state index is 12.3. The maximum absolute atomic E-state index is 12.3. The minimum absolute atomic E-state index is 0.00956. The number of hydrogen-bond donors (Lipinski definition) is 3. The SMILES string of the molecule is Cc1cn([C@H]2CC(O)[C@@H](CNC(=O)[C@H](C)Oc3ccc(Cl)cc3Cl)O2)c(=O)[nH]c1=O. The highest BCUT2D eigenvalue weighted by Gasteiger charge is 2.36. The van der Waals surface area contributed by atoms with Crippen LogP contribution in [0, 0.1) is 6.92 Å². The monoisotopic (exact) mass is 457 g/mol. The van der Waals surface area contributed by atoms with Crippen molar-refractivity contribution in [3.63, 3.8) is 0 Å². The topological polar surface area (TPSA) is 123 Å². The summed E-state index contributed by atoms with van der Waals surface area (Å²) in [7, 11) is 0. The van der Waals surface area contributed by atoms with Crippen molar-refractivity contribution in [2.24, 2.45) is 0 Å². The Morgan fingerprint density at radius 2 is 2.17 bits per heavy atom. The number of H-pyrrole nitrogens is 1. The summed E-state index contributed by atoms with van der Waals surface area (Å²) in [5, 5.41) is 13.6. The fourth-order valence-corrected chi connectivity index (χ4v) is 3.48. The van der Waals surface area contributed by atoms with Crippen molar-refractivity contribution in [1.29, 1.82) is 0 Å². The van der Waals surface area contributed by atoms with Gasteiger partial charge in [-0.1, -0.05) is 23.2 Å². The molecule has 1 amide bonds. The number of aromatic amines is 1. The van der Waals surface area contributed by atoms with Crippen molar-refractivity contribution in [2.45, 2.75) is 44.8 Å². The number of carbonyl (C=O) groups is 1. The van der Waals surface area contributed by atoms with E-state index in [0.29, 0.717) is 16.3 Å². The molecule has 1 aromatic heterocycles. The van der Waals surface area contributed by atoms with Crippen LogP contribution in [0.3, 0.4) is 0 Å². The van der Waals surface area contributed by atoms with E-state index >= 15 is 0 Å². The number of amides is 1. The van der Waals surface area contributed by atoms with Gasteiger partial charge in [0.05, 0.1) is 11.1 Å². The lowest BCUT2D eigenvalue weighted by molar-refractivity contribution is -0.128. The molecular weight excluding hydrogens is 437 g/mol. The van der Waals surface area contributed by atoms with Crippen molar-refractivity contribution >= 4 is 29.1 Å². The third kappa shape index (κ3) is 5.04. The maximum Gasteiger partial charge on any atom is 0.330 e. The summed E-state index contributed by atoms with van der Waals surface area (Å²) in [6, 6.07) is 4.66. The molecular formula is C19H21Cl2N3O6. The first kappa shape index (κ1) is 22.4. The molecule has 2 aromatic rings. The fraction of sp³-hybridized carbons (Fsp3) is 0.421. The number of aryl methyl sites for hydroxylation is 1. The Morgan fingerprint density at radius 3 is 2.87 bits per heavy atom. The highest BCUT2D eigenvalue weighted by Crippen LogP contribution is 2.29. The molecule has 3 N–H and O–H groups in total. The minimum atomic E-state index is -0.906. The van der Waals surface area contributed by atoms with E-state index in [1.165, 1.54) is 16.8 Å². The Hall–Kier alpha value is -2.33. The molecule has 1 aromatic carbocycles. The van der Waals surface area contributed by atoms with Crippen LogP contribution < -0.4 is 21.3 Å². The van der Waals surface area contributed by atoms with E-state index in [0.717, 1.165) is 0 Å². The fourth-order valence-electron chi connectivity index (χ4n) is 3.03. The predicted molar refractivity (Wildman–Crippen MR) is 110 cm³/mol. The Morgan fingerprint density at radius 1 is 1.43 bits per heavy atom. The van der Waals surface area contributed by atoms with Gasteiger partial charge in [-0.3, -0.25) is 19.1 Å². The van der Waals surface area contributed by atoms with Crippen LogP contribution in [0.5, 0.6) is 5.75 Å². The molecule has 4 atom stereocenters. The highest BCUT2D eigenvalue weighted by molar-refractivity contribution is 6.35. The van der Waals surface area contributed by atoms with Crippen LogP contribution in [0.25, 0.3) is 0 Å². The molecule has 1 unspecified atom stereocenters. The number of nitrogens with zero attached hydrogens (tertiary/aromatic N) is 1. The van der Waals surface area contributed by atoms with Gasteiger partial charge >= 0.3 is 5.69 Å². The van der Waals surface area contributed by atoms with Crippen LogP contribution in [0.2, 0.25) is 10.0 Å². The number of carbonyl (C=O) groups excluding carboxylic acids is 1. The lowest BCUT2D eigenvalue weighted by atomic mass is 10.1. The second-order valence-electron chi connectivity index (χ2n) is 6.99. The van der Waals surface area contributed by atoms with Gasteiger partial charge in [0.2, 0.25) is 0 Å². The van der Waals surface area contributed by atoms with Gasteiger partial charge in [-0.05, 0) is 32.0 Å². The van der Waals surface area contributed by atoms with Gasteiger partial charge < -0.3 is 19.9 Å².